The van der Waals surface area contributed by atoms with E-state index in [1.54, 1.807) is 0 Å². The molecule has 0 radical (unpaired) electrons. The van der Waals surface area contributed by atoms with Gasteiger partial charge in [0, 0.05) is 6.54 Å². The van der Waals surface area contributed by atoms with Crippen LogP contribution in [0.5, 0.6) is 0 Å². The fraction of sp³-hybridized carbons (Fsp3) is 0.526. The normalized spacial score (nSPS) is 16.4. The smallest absolute Gasteiger partial charge is 0.299 e. The first kappa shape index (κ1) is 16.3. The summed E-state index contributed by atoms with van der Waals surface area (Å²) in [6.07, 6.45) is 4.86. The third-order valence-corrected chi connectivity index (χ3v) is 5.71. The van der Waals surface area contributed by atoms with Gasteiger partial charge in [-0.2, -0.15) is 0 Å². The molecule has 2 aromatic rings. The first-order valence-electron chi connectivity index (χ1n) is 8.48. The van der Waals surface area contributed by atoms with E-state index >= 15 is 0 Å². The zero-order chi connectivity index (χ0) is 16.1. The van der Waals surface area contributed by atoms with Crippen molar-refractivity contribution in [2.24, 2.45) is 5.92 Å². The van der Waals surface area contributed by atoms with Gasteiger partial charge in [0.05, 0.1) is 16.8 Å². The first-order valence-corrected chi connectivity index (χ1v) is 9.30. The van der Waals surface area contributed by atoms with Crippen LogP contribution in [0.3, 0.4) is 0 Å². The van der Waals surface area contributed by atoms with Gasteiger partial charge < -0.3 is 0 Å². The van der Waals surface area contributed by atoms with Gasteiger partial charge >= 0.3 is 4.87 Å². The van der Waals surface area contributed by atoms with Crippen molar-refractivity contribution in [1.29, 1.82) is 0 Å². The lowest BCUT2D eigenvalue weighted by Crippen LogP contribution is -2.34. The number of aryl methyl sites for hydroxylation is 1. The predicted molar refractivity (Wildman–Crippen MR) is 97.9 cm³/mol. The van der Waals surface area contributed by atoms with Crippen LogP contribution in [0.25, 0.3) is 10.2 Å². The van der Waals surface area contributed by atoms with Crippen LogP contribution in [0, 0.1) is 17.8 Å². The Kier molecular flexibility index (Phi) is 5.53. The van der Waals surface area contributed by atoms with Crippen LogP contribution in [0.4, 0.5) is 0 Å². The number of fused-ring (bicyclic) bond motifs is 1. The van der Waals surface area contributed by atoms with E-state index in [0.717, 1.165) is 35.6 Å². The molecule has 0 spiro atoms. The molecule has 122 valence electrons. The second kappa shape index (κ2) is 7.81. The van der Waals surface area contributed by atoms with Gasteiger partial charge in [0.2, 0.25) is 0 Å². The number of hydrogen-bond donors (Lipinski definition) is 0. The molecule has 0 atom stereocenters. The van der Waals surface area contributed by atoms with E-state index in [-0.39, 0.29) is 4.87 Å². The standard InChI is InChI=1S/C19H24N2OS/c1-2-3-12-20-14-10-16(11-15-20)7-6-13-21-17-8-4-5-9-18(17)23-19(21)22/h4-5,8-9,16H,6-7,10-15H2,1H3. The summed E-state index contributed by atoms with van der Waals surface area (Å²) >= 11 is 1.36. The largest absolute Gasteiger partial charge is 0.308 e. The number of nitrogens with zero attached hydrogens (tertiary/aromatic N) is 2. The molecule has 3 rings (SSSR count). The van der Waals surface area contributed by atoms with Crippen molar-refractivity contribution < 1.29 is 0 Å². The van der Waals surface area contributed by atoms with Crippen LogP contribution in [-0.2, 0) is 6.54 Å². The van der Waals surface area contributed by atoms with Gasteiger partial charge in [-0.05, 0) is 63.7 Å². The minimum Gasteiger partial charge on any atom is -0.299 e. The molecule has 23 heavy (non-hydrogen) atoms. The van der Waals surface area contributed by atoms with E-state index in [1.807, 2.05) is 29.7 Å². The zero-order valence-electron chi connectivity index (χ0n) is 13.8. The Balaban J connectivity index is 1.49. The maximum absolute atomic E-state index is 12.1. The van der Waals surface area contributed by atoms with E-state index in [1.165, 1.54) is 43.7 Å². The fourth-order valence-electron chi connectivity index (χ4n) is 3.39. The number of rotatable bonds is 5. The van der Waals surface area contributed by atoms with Crippen molar-refractivity contribution in [2.75, 3.05) is 19.6 Å². The summed E-state index contributed by atoms with van der Waals surface area (Å²) in [4.78, 5) is 14.8. The summed E-state index contributed by atoms with van der Waals surface area (Å²) in [7, 11) is 0. The average molecular weight is 328 g/mol. The van der Waals surface area contributed by atoms with Crippen molar-refractivity contribution in [1.82, 2.24) is 9.47 Å². The van der Waals surface area contributed by atoms with Crippen molar-refractivity contribution in [3.05, 3.63) is 33.9 Å². The number of hydrogen-bond acceptors (Lipinski definition) is 3. The highest BCUT2D eigenvalue weighted by atomic mass is 32.1. The Hall–Kier alpha value is -1.57. The molecular weight excluding hydrogens is 304 g/mol. The maximum atomic E-state index is 12.1. The molecule has 1 fully saturated rings. The van der Waals surface area contributed by atoms with Crippen LogP contribution >= 0.6 is 11.3 Å². The van der Waals surface area contributed by atoms with E-state index in [4.69, 9.17) is 0 Å². The van der Waals surface area contributed by atoms with Gasteiger partial charge in [0.1, 0.15) is 0 Å². The first-order chi connectivity index (χ1) is 11.3. The summed E-state index contributed by atoms with van der Waals surface area (Å²) in [5, 5.41) is 0. The second-order valence-corrected chi connectivity index (χ2v) is 7.27. The highest BCUT2D eigenvalue weighted by Crippen LogP contribution is 2.23. The maximum Gasteiger partial charge on any atom is 0.308 e. The van der Waals surface area contributed by atoms with Crippen LogP contribution in [-0.4, -0.2) is 29.1 Å². The summed E-state index contributed by atoms with van der Waals surface area (Å²) in [6, 6.07) is 8.10. The van der Waals surface area contributed by atoms with E-state index in [0.29, 0.717) is 0 Å². The van der Waals surface area contributed by atoms with Gasteiger partial charge in [-0.3, -0.25) is 14.3 Å². The van der Waals surface area contributed by atoms with Crippen LogP contribution < -0.4 is 4.87 Å². The molecule has 0 saturated carbocycles. The lowest BCUT2D eigenvalue weighted by atomic mass is 9.92. The quantitative estimate of drug-likeness (QED) is 0.784. The molecule has 1 aromatic carbocycles. The van der Waals surface area contributed by atoms with Crippen LogP contribution in [0.2, 0.25) is 0 Å². The Bertz CT molecular complexity index is 757. The Morgan fingerprint density at radius 1 is 1.26 bits per heavy atom. The average Bonchev–Trinajstić information content (AvgIpc) is 2.90. The Morgan fingerprint density at radius 2 is 2.04 bits per heavy atom. The van der Waals surface area contributed by atoms with Crippen LogP contribution in [0.15, 0.2) is 29.1 Å². The molecule has 1 aliphatic rings. The minimum atomic E-state index is 0.180. The topological polar surface area (TPSA) is 25.2 Å². The summed E-state index contributed by atoms with van der Waals surface area (Å²) in [5.41, 5.74) is 1.09. The molecule has 1 aliphatic heterocycles. The van der Waals surface area contributed by atoms with E-state index < -0.39 is 0 Å². The molecular formula is C19H24N2OS. The molecule has 0 bridgehead atoms. The SMILES string of the molecule is CC#CCN1CCC(CCCn2c(=O)sc3ccccc32)CC1. The van der Waals surface area contributed by atoms with Gasteiger partial charge in [-0.25, -0.2) is 0 Å². The number of piperidine rings is 1. The Morgan fingerprint density at radius 3 is 2.83 bits per heavy atom. The molecule has 0 N–H and O–H groups in total. The predicted octanol–water partition coefficient (Wildman–Crippen LogP) is 3.58. The van der Waals surface area contributed by atoms with Crippen LogP contribution in [0.1, 0.15) is 32.6 Å². The Labute approximate surface area is 141 Å². The molecule has 1 aromatic heterocycles. The van der Waals surface area contributed by atoms with Crippen molar-refractivity contribution in [3.8, 4) is 11.8 Å². The molecule has 0 unspecified atom stereocenters. The van der Waals surface area contributed by atoms with Gasteiger partial charge in [-0.1, -0.05) is 29.4 Å². The molecule has 0 amide bonds. The molecule has 4 heteroatoms. The summed E-state index contributed by atoms with van der Waals surface area (Å²) in [5.74, 6) is 6.94. The van der Waals surface area contributed by atoms with E-state index in [2.05, 4.69) is 22.8 Å². The van der Waals surface area contributed by atoms with Crippen molar-refractivity contribution in [2.45, 2.75) is 39.2 Å². The lowest BCUT2D eigenvalue weighted by molar-refractivity contribution is 0.194. The number of para-hydroxylation sites is 1. The van der Waals surface area contributed by atoms with E-state index in [9.17, 15) is 4.79 Å². The highest BCUT2D eigenvalue weighted by Gasteiger charge is 2.18. The highest BCUT2D eigenvalue weighted by molar-refractivity contribution is 7.16. The number of likely N-dealkylation sites (tertiary alicyclic amines) is 1. The molecule has 2 heterocycles. The zero-order valence-corrected chi connectivity index (χ0v) is 14.6. The minimum absolute atomic E-state index is 0.180. The summed E-state index contributed by atoms with van der Waals surface area (Å²) < 4.78 is 3.05. The third kappa shape index (κ3) is 4.04. The number of benzene rings is 1. The summed E-state index contributed by atoms with van der Waals surface area (Å²) in [6.45, 7) is 6.01. The monoisotopic (exact) mass is 328 g/mol. The van der Waals surface area contributed by atoms with Crippen molar-refractivity contribution in [3.63, 3.8) is 0 Å². The second-order valence-electron chi connectivity index (χ2n) is 6.28. The number of aromatic nitrogens is 1. The number of thiazole rings is 1. The third-order valence-electron chi connectivity index (χ3n) is 4.75. The lowest BCUT2D eigenvalue weighted by Gasteiger charge is -2.30. The van der Waals surface area contributed by atoms with Gasteiger partial charge in [-0.15, -0.1) is 5.92 Å². The van der Waals surface area contributed by atoms with Gasteiger partial charge in [0.25, 0.3) is 0 Å². The molecule has 0 aliphatic carbocycles. The molecule has 1 saturated heterocycles. The fourth-order valence-corrected chi connectivity index (χ4v) is 4.31. The molecule has 3 nitrogen and oxygen atoms in total. The van der Waals surface area contributed by atoms with Crippen molar-refractivity contribution >= 4 is 21.6 Å². The van der Waals surface area contributed by atoms with Gasteiger partial charge in [0.15, 0.2) is 0 Å².